The Bertz CT molecular complexity index is 1100. The Kier molecular flexibility index (Phi) is 5.68. The standard InChI is InChI=1S/C26H22N2O/c29-26(27-20-22-13-6-2-7-14-22)28-18-10-17-25(28)24(23-15-8-3-9-16-23)19-21-11-4-1-5-12-21/h1-19H,20H2,(H,27,29)/b24-19-. The predicted octanol–water partition coefficient (Wildman–Crippen LogP) is 5.83. The number of hydrogen-bond acceptors (Lipinski definition) is 1. The van der Waals surface area contributed by atoms with E-state index >= 15 is 0 Å². The van der Waals surface area contributed by atoms with Crippen LogP contribution in [0.1, 0.15) is 22.4 Å². The molecule has 0 fully saturated rings. The molecule has 29 heavy (non-hydrogen) atoms. The summed E-state index contributed by atoms with van der Waals surface area (Å²) in [5, 5.41) is 3.01. The van der Waals surface area contributed by atoms with Gasteiger partial charge in [-0.25, -0.2) is 4.79 Å². The van der Waals surface area contributed by atoms with Crippen LogP contribution in [-0.2, 0) is 6.54 Å². The van der Waals surface area contributed by atoms with Gasteiger partial charge in [0.15, 0.2) is 0 Å². The molecule has 1 amide bonds. The third-order valence-electron chi connectivity index (χ3n) is 4.73. The summed E-state index contributed by atoms with van der Waals surface area (Å²) in [7, 11) is 0. The van der Waals surface area contributed by atoms with Gasteiger partial charge in [0.05, 0.1) is 5.69 Å². The van der Waals surface area contributed by atoms with Crippen molar-refractivity contribution in [3.05, 3.63) is 132 Å². The molecule has 0 aliphatic rings. The second kappa shape index (κ2) is 8.89. The van der Waals surface area contributed by atoms with E-state index in [2.05, 4.69) is 35.7 Å². The largest absolute Gasteiger partial charge is 0.333 e. The quantitative estimate of drug-likeness (QED) is 0.435. The van der Waals surface area contributed by atoms with Gasteiger partial charge in [0.25, 0.3) is 0 Å². The van der Waals surface area contributed by atoms with Crippen LogP contribution in [0.4, 0.5) is 4.79 Å². The average Bonchev–Trinajstić information content (AvgIpc) is 3.27. The molecule has 3 aromatic carbocycles. The molecular weight excluding hydrogens is 356 g/mol. The van der Waals surface area contributed by atoms with Crippen molar-refractivity contribution in [2.75, 3.05) is 0 Å². The molecule has 0 aliphatic carbocycles. The van der Waals surface area contributed by atoms with Crippen LogP contribution >= 0.6 is 0 Å². The van der Waals surface area contributed by atoms with Crippen molar-refractivity contribution in [1.82, 2.24) is 9.88 Å². The zero-order valence-electron chi connectivity index (χ0n) is 16.0. The first-order chi connectivity index (χ1) is 14.3. The van der Waals surface area contributed by atoms with Crippen LogP contribution in [-0.4, -0.2) is 10.6 Å². The van der Waals surface area contributed by atoms with Crippen LogP contribution in [0.2, 0.25) is 0 Å². The molecule has 4 aromatic rings. The highest BCUT2D eigenvalue weighted by molar-refractivity contribution is 5.93. The molecule has 0 bridgehead atoms. The molecule has 0 atom stereocenters. The van der Waals surface area contributed by atoms with Crippen molar-refractivity contribution < 1.29 is 4.79 Å². The molecule has 0 saturated carbocycles. The van der Waals surface area contributed by atoms with E-state index in [0.717, 1.165) is 28.0 Å². The maximum absolute atomic E-state index is 12.9. The number of amides is 1. The molecule has 1 heterocycles. The smallest absolute Gasteiger partial charge is 0.326 e. The number of rotatable bonds is 5. The van der Waals surface area contributed by atoms with E-state index in [-0.39, 0.29) is 6.03 Å². The molecule has 3 nitrogen and oxygen atoms in total. The number of nitrogens with zero attached hydrogens (tertiary/aromatic N) is 1. The highest BCUT2D eigenvalue weighted by atomic mass is 16.2. The molecule has 3 heteroatoms. The summed E-state index contributed by atoms with van der Waals surface area (Å²) in [6.45, 7) is 0.486. The van der Waals surface area contributed by atoms with Gasteiger partial charge in [0.2, 0.25) is 0 Å². The van der Waals surface area contributed by atoms with E-state index in [1.54, 1.807) is 10.8 Å². The normalized spacial score (nSPS) is 11.2. The van der Waals surface area contributed by atoms with E-state index in [1.165, 1.54) is 0 Å². The molecule has 0 unspecified atom stereocenters. The Morgan fingerprint density at radius 3 is 2.07 bits per heavy atom. The summed E-state index contributed by atoms with van der Waals surface area (Å²) in [6, 6.07) is 33.9. The van der Waals surface area contributed by atoms with Crippen molar-refractivity contribution in [2.24, 2.45) is 0 Å². The van der Waals surface area contributed by atoms with Gasteiger partial charge in [0, 0.05) is 18.3 Å². The van der Waals surface area contributed by atoms with Crippen LogP contribution in [0.3, 0.4) is 0 Å². The van der Waals surface area contributed by atoms with Crippen LogP contribution in [0.15, 0.2) is 109 Å². The lowest BCUT2D eigenvalue weighted by molar-refractivity contribution is 0.242. The number of carbonyl (C=O) groups is 1. The molecule has 142 valence electrons. The SMILES string of the molecule is O=C(NCc1ccccc1)n1cccc1/C(=C\c1ccccc1)c1ccccc1. The van der Waals surface area contributed by atoms with E-state index in [9.17, 15) is 4.79 Å². The van der Waals surface area contributed by atoms with Gasteiger partial charge >= 0.3 is 6.03 Å². The highest BCUT2D eigenvalue weighted by Crippen LogP contribution is 2.26. The fraction of sp³-hybridized carbons (Fsp3) is 0.0385. The average molecular weight is 378 g/mol. The number of nitrogens with one attached hydrogen (secondary N) is 1. The number of carbonyl (C=O) groups excluding carboxylic acids is 1. The zero-order valence-corrected chi connectivity index (χ0v) is 16.0. The first kappa shape index (κ1) is 18.5. The number of benzene rings is 3. The van der Waals surface area contributed by atoms with Gasteiger partial charge in [-0.1, -0.05) is 91.0 Å². The molecule has 1 N–H and O–H groups in total. The van der Waals surface area contributed by atoms with Crippen molar-refractivity contribution in [1.29, 1.82) is 0 Å². The summed E-state index contributed by atoms with van der Waals surface area (Å²) in [4.78, 5) is 12.9. The summed E-state index contributed by atoms with van der Waals surface area (Å²) in [5.74, 6) is 0. The molecule has 4 rings (SSSR count). The van der Waals surface area contributed by atoms with Crippen LogP contribution in [0.25, 0.3) is 11.6 Å². The lowest BCUT2D eigenvalue weighted by Gasteiger charge is -2.13. The van der Waals surface area contributed by atoms with E-state index < -0.39 is 0 Å². The minimum Gasteiger partial charge on any atom is -0.333 e. The summed E-state index contributed by atoms with van der Waals surface area (Å²) < 4.78 is 1.67. The third-order valence-corrected chi connectivity index (χ3v) is 4.73. The monoisotopic (exact) mass is 378 g/mol. The molecular formula is C26H22N2O. The van der Waals surface area contributed by atoms with Gasteiger partial charge in [-0.2, -0.15) is 0 Å². The third kappa shape index (κ3) is 4.53. The topological polar surface area (TPSA) is 34.0 Å². The highest BCUT2D eigenvalue weighted by Gasteiger charge is 2.14. The first-order valence-electron chi connectivity index (χ1n) is 9.63. The van der Waals surface area contributed by atoms with Crippen molar-refractivity contribution in [3.63, 3.8) is 0 Å². The van der Waals surface area contributed by atoms with Crippen molar-refractivity contribution in [2.45, 2.75) is 6.54 Å². The van der Waals surface area contributed by atoms with Crippen molar-refractivity contribution >= 4 is 17.7 Å². The van der Waals surface area contributed by atoms with Gasteiger partial charge in [-0.15, -0.1) is 0 Å². The second-order valence-electron chi connectivity index (χ2n) is 6.74. The predicted molar refractivity (Wildman–Crippen MR) is 118 cm³/mol. The Balaban J connectivity index is 1.67. The Morgan fingerprint density at radius 1 is 0.759 bits per heavy atom. The van der Waals surface area contributed by atoms with E-state index in [4.69, 9.17) is 0 Å². The number of hydrogen-bond donors (Lipinski definition) is 1. The Labute approximate surface area is 171 Å². The maximum Gasteiger partial charge on any atom is 0.326 e. The molecule has 0 aliphatic heterocycles. The molecule has 1 aromatic heterocycles. The molecule has 0 saturated heterocycles. The Hall–Kier alpha value is -3.85. The Morgan fingerprint density at radius 2 is 1.38 bits per heavy atom. The maximum atomic E-state index is 12.9. The lowest BCUT2D eigenvalue weighted by Crippen LogP contribution is -2.28. The molecule has 0 spiro atoms. The minimum atomic E-state index is -0.149. The van der Waals surface area contributed by atoms with Gasteiger partial charge in [-0.05, 0) is 34.9 Å². The zero-order chi connectivity index (χ0) is 19.9. The van der Waals surface area contributed by atoms with Crippen LogP contribution in [0.5, 0.6) is 0 Å². The summed E-state index contributed by atoms with van der Waals surface area (Å²) in [6.07, 6.45) is 3.92. The van der Waals surface area contributed by atoms with Gasteiger partial charge in [-0.3, -0.25) is 4.57 Å². The fourth-order valence-electron chi connectivity index (χ4n) is 3.27. The first-order valence-corrected chi connectivity index (χ1v) is 9.63. The summed E-state index contributed by atoms with van der Waals surface area (Å²) in [5.41, 5.74) is 5.07. The van der Waals surface area contributed by atoms with E-state index in [0.29, 0.717) is 6.54 Å². The lowest BCUT2D eigenvalue weighted by atomic mass is 10.00. The molecule has 0 radical (unpaired) electrons. The van der Waals surface area contributed by atoms with Gasteiger partial charge < -0.3 is 5.32 Å². The minimum absolute atomic E-state index is 0.149. The van der Waals surface area contributed by atoms with Gasteiger partial charge in [0.1, 0.15) is 0 Å². The number of aromatic nitrogens is 1. The summed E-state index contributed by atoms with van der Waals surface area (Å²) >= 11 is 0. The fourth-order valence-corrected chi connectivity index (χ4v) is 3.27. The van der Waals surface area contributed by atoms with Crippen molar-refractivity contribution in [3.8, 4) is 0 Å². The second-order valence-corrected chi connectivity index (χ2v) is 6.74. The van der Waals surface area contributed by atoms with E-state index in [1.807, 2.05) is 78.9 Å². The van der Waals surface area contributed by atoms with Crippen LogP contribution in [0, 0.1) is 0 Å². The van der Waals surface area contributed by atoms with Crippen LogP contribution < -0.4 is 5.32 Å².